The summed E-state index contributed by atoms with van der Waals surface area (Å²) in [7, 11) is 0. The molecule has 0 fully saturated rings. The van der Waals surface area contributed by atoms with Crippen LogP contribution in [0.15, 0.2) is 49.3 Å². The van der Waals surface area contributed by atoms with Crippen molar-refractivity contribution in [2.24, 2.45) is 0 Å². The lowest BCUT2D eigenvalue weighted by Gasteiger charge is -2.08. The Hall–Kier alpha value is -2.69. The normalized spacial score (nSPS) is 9.78. The molecule has 0 amide bonds. The first-order chi connectivity index (χ1) is 8.72. The molecule has 5 nitrogen and oxygen atoms in total. The molecule has 0 bridgehead atoms. The Balaban J connectivity index is 2.48. The maximum Gasteiger partial charge on any atom is 0.335 e. The van der Waals surface area contributed by atoms with Crippen molar-refractivity contribution >= 4 is 11.7 Å². The monoisotopic (exact) mass is 241 g/mol. The molecule has 0 spiro atoms. The lowest BCUT2D eigenvalue weighted by Crippen LogP contribution is -2.06. The third kappa shape index (κ3) is 2.35. The van der Waals surface area contributed by atoms with Crippen LogP contribution in [0.5, 0.6) is 5.75 Å². The zero-order valence-electron chi connectivity index (χ0n) is 9.54. The fraction of sp³-hybridized carbons (Fsp3) is 0. The summed E-state index contributed by atoms with van der Waals surface area (Å²) in [5, 5.41) is 0. The lowest BCUT2D eigenvalue weighted by molar-refractivity contribution is -0.128. The lowest BCUT2D eigenvalue weighted by atomic mass is 10.2. The third-order valence-electron chi connectivity index (χ3n) is 2.21. The van der Waals surface area contributed by atoms with Crippen LogP contribution in [0, 0.1) is 0 Å². The van der Waals surface area contributed by atoms with Gasteiger partial charge in [-0.2, -0.15) is 0 Å². The van der Waals surface area contributed by atoms with E-state index < -0.39 is 5.97 Å². The molecule has 2 aromatic rings. The maximum absolute atomic E-state index is 11.2. The number of carbonyl (C=O) groups excluding carboxylic acids is 1. The minimum Gasteiger partial charge on any atom is -0.421 e. The molecule has 2 heterocycles. The number of aromatic nitrogens is 2. The van der Waals surface area contributed by atoms with Crippen molar-refractivity contribution < 1.29 is 9.53 Å². The Labute approximate surface area is 104 Å². The second-order valence-electron chi connectivity index (χ2n) is 3.42. The number of anilines is 1. The van der Waals surface area contributed by atoms with Gasteiger partial charge in [0.25, 0.3) is 0 Å². The van der Waals surface area contributed by atoms with E-state index in [1.54, 1.807) is 36.7 Å². The molecule has 5 heteroatoms. The largest absolute Gasteiger partial charge is 0.421 e. The minimum absolute atomic E-state index is 0.299. The predicted octanol–water partition coefficient (Wildman–Crippen LogP) is 1.82. The first-order valence-electron chi connectivity index (χ1n) is 5.22. The van der Waals surface area contributed by atoms with Crippen LogP contribution in [0.4, 0.5) is 5.69 Å². The van der Waals surface area contributed by atoms with E-state index >= 15 is 0 Å². The van der Waals surface area contributed by atoms with E-state index in [0.717, 1.165) is 6.08 Å². The summed E-state index contributed by atoms with van der Waals surface area (Å²) >= 11 is 0. The molecule has 0 saturated heterocycles. The Kier molecular flexibility index (Phi) is 3.33. The summed E-state index contributed by atoms with van der Waals surface area (Å²) in [5.41, 5.74) is 7.19. The number of carbonyl (C=O) groups is 1. The van der Waals surface area contributed by atoms with Crippen LogP contribution in [-0.2, 0) is 4.79 Å². The van der Waals surface area contributed by atoms with Crippen LogP contribution in [0.3, 0.4) is 0 Å². The number of pyridine rings is 2. The molecule has 0 atom stereocenters. The van der Waals surface area contributed by atoms with Crippen LogP contribution in [0.1, 0.15) is 0 Å². The number of nitrogens with zero attached hydrogens (tertiary/aromatic N) is 2. The highest BCUT2D eigenvalue weighted by Crippen LogP contribution is 2.29. The highest BCUT2D eigenvalue weighted by molar-refractivity contribution is 5.85. The number of nitrogens with two attached hydrogens (primary N) is 1. The second-order valence-corrected chi connectivity index (χ2v) is 3.42. The van der Waals surface area contributed by atoms with Crippen molar-refractivity contribution in [2.45, 2.75) is 0 Å². The number of rotatable bonds is 3. The molecule has 0 radical (unpaired) electrons. The van der Waals surface area contributed by atoms with E-state index in [1.807, 2.05) is 0 Å². The summed E-state index contributed by atoms with van der Waals surface area (Å²) in [6.45, 7) is 3.34. The van der Waals surface area contributed by atoms with Crippen LogP contribution in [-0.4, -0.2) is 15.9 Å². The number of hydrogen-bond donors (Lipinski definition) is 1. The van der Waals surface area contributed by atoms with Crippen molar-refractivity contribution in [3.05, 3.63) is 49.3 Å². The fourth-order valence-electron chi connectivity index (χ4n) is 1.42. The molecule has 90 valence electrons. The summed E-state index contributed by atoms with van der Waals surface area (Å²) in [5.74, 6) is -0.258. The van der Waals surface area contributed by atoms with Gasteiger partial charge in [-0.3, -0.25) is 9.97 Å². The zero-order valence-corrected chi connectivity index (χ0v) is 9.54. The van der Waals surface area contributed by atoms with Crippen molar-refractivity contribution in [2.75, 3.05) is 5.73 Å². The molecule has 18 heavy (non-hydrogen) atoms. The molecular weight excluding hydrogens is 230 g/mol. The first kappa shape index (κ1) is 11.8. The van der Waals surface area contributed by atoms with Gasteiger partial charge in [-0.1, -0.05) is 6.58 Å². The summed E-state index contributed by atoms with van der Waals surface area (Å²) in [6, 6.07) is 6.71. The molecule has 0 aliphatic heterocycles. The van der Waals surface area contributed by atoms with Gasteiger partial charge in [0.15, 0.2) is 5.75 Å². The van der Waals surface area contributed by atoms with E-state index in [0.29, 0.717) is 22.8 Å². The van der Waals surface area contributed by atoms with E-state index in [1.165, 1.54) is 0 Å². The number of esters is 1. The van der Waals surface area contributed by atoms with Gasteiger partial charge in [-0.25, -0.2) is 4.79 Å². The molecule has 0 aliphatic carbocycles. The van der Waals surface area contributed by atoms with Gasteiger partial charge in [0.1, 0.15) is 11.4 Å². The summed E-state index contributed by atoms with van der Waals surface area (Å²) in [6.07, 6.45) is 4.26. The van der Waals surface area contributed by atoms with Gasteiger partial charge < -0.3 is 10.5 Å². The Morgan fingerprint density at radius 3 is 2.56 bits per heavy atom. The standard InChI is InChI=1S/C13H11N3O2/c1-2-11(17)18-10-6-4-8-16-13(10)12-9(14)5-3-7-15-12/h2-8H,1,14H2. The smallest absolute Gasteiger partial charge is 0.335 e. The average molecular weight is 241 g/mol. The van der Waals surface area contributed by atoms with Gasteiger partial charge in [0.05, 0.1) is 5.69 Å². The minimum atomic E-state index is -0.557. The van der Waals surface area contributed by atoms with E-state index in [2.05, 4.69) is 16.5 Å². The molecule has 2 N–H and O–H groups in total. The van der Waals surface area contributed by atoms with Gasteiger partial charge >= 0.3 is 5.97 Å². The predicted molar refractivity (Wildman–Crippen MR) is 67.7 cm³/mol. The maximum atomic E-state index is 11.2. The number of ether oxygens (including phenoxy) is 1. The van der Waals surface area contributed by atoms with Crippen molar-refractivity contribution in [3.8, 4) is 17.1 Å². The highest BCUT2D eigenvalue weighted by Gasteiger charge is 2.13. The fourth-order valence-corrected chi connectivity index (χ4v) is 1.42. The first-order valence-corrected chi connectivity index (χ1v) is 5.22. The molecule has 2 rings (SSSR count). The average Bonchev–Trinajstić information content (AvgIpc) is 2.40. The summed E-state index contributed by atoms with van der Waals surface area (Å²) in [4.78, 5) is 19.5. The molecule has 0 aliphatic rings. The topological polar surface area (TPSA) is 78.1 Å². The molecule has 0 aromatic carbocycles. The van der Waals surface area contributed by atoms with E-state index in [4.69, 9.17) is 10.5 Å². The highest BCUT2D eigenvalue weighted by atomic mass is 16.5. The van der Waals surface area contributed by atoms with Gasteiger partial charge in [0, 0.05) is 18.5 Å². The van der Waals surface area contributed by atoms with Crippen LogP contribution in [0.25, 0.3) is 11.4 Å². The van der Waals surface area contributed by atoms with E-state index in [-0.39, 0.29) is 0 Å². The van der Waals surface area contributed by atoms with Crippen molar-refractivity contribution in [3.63, 3.8) is 0 Å². The van der Waals surface area contributed by atoms with E-state index in [9.17, 15) is 4.79 Å². The number of hydrogen-bond acceptors (Lipinski definition) is 5. The van der Waals surface area contributed by atoms with Crippen molar-refractivity contribution in [1.29, 1.82) is 0 Å². The van der Waals surface area contributed by atoms with Gasteiger partial charge in [-0.05, 0) is 24.3 Å². The Morgan fingerprint density at radius 2 is 1.89 bits per heavy atom. The van der Waals surface area contributed by atoms with Crippen LogP contribution < -0.4 is 10.5 Å². The van der Waals surface area contributed by atoms with Crippen LogP contribution in [0.2, 0.25) is 0 Å². The SMILES string of the molecule is C=CC(=O)Oc1cccnc1-c1ncccc1N. The quantitative estimate of drug-likeness (QED) is 0.655. The number of nitrogen functional groups attached to an aromatic ring is 1. The van der Waals surface area contributed by atoms with Gasteiger partial charge in [-0.15, -0.1) is 0 Å². The Morgan fingerprint density at radius 1 is 1.22 bits per heavy atom. The molecule has 2 aromatic heterocycles. The summed E-state index contributed by atoms with van der Waals surface area (Å²) < 4.78 is 5.09. The third-order valence-corrected chi connectivity index (χ3v) is 2.21. The Bertz CT molecular complexity index is 596. The molecular formula is C13H11N3O2. The van der Waals surface area contributed by atoms with Gasteiger partial charge in [0.2, 0.25) is 0 Å². The zero-order chi connectivity index (χ0) is 13.0. The second kappa shape index (κ2) is 5.09. The van der Waals surface area contributed by atoms with Crippen LogP contribution >= 0.6 is 0 Å². The molecule has 0 saturated carbocycles. The van der Waals surface area contributed by atoms with Crippen molar-refractivity contribution in [1.82, 2.24) is 9.97 Å². The molecule has 0 unspecified atom stereocenters.